The zero-order valence-corrected chi connectivity index (χ0v) is 58.5. The number of benzene rings is 10. The quantitative estimate of drug-likeness (QED) is 0.0553. The number of hydrogen-bond donors (Lipinski definition) is 0. The van der Waals surface area contributed by atoms with Gasteiger partial charge in [-0.2, -0.15) is 0 Å². The third-order valence-electron chi connectivity index (χ3n) is 16.6. The van der Waals surface area contributed by atoms with Gasteiger partial charge in [-0.05, 0) is 102 Å². The van der Waals surface area contributed by atoms with E-state index in [1.807, 2.05) is 151 Å². The largest absolute Gasteiger partial charge is 0.454 e. The number of methoxy groups -OCH3 is 1. The van der Waals surface area contributed by atoms with Crippen LogP contribution in [0.4, 0.5) is 0 Å². The van der Waals surface area contributed by atoms with Crippen LogP contribution < -0.4 is 0 Å². The number of rotatable bonds is 10. The number of Topliss-reactive ketones (excluding diaryl/α,β-unsaturated/α-hetero) is 1. The summed E-state index contributed by atoms with van der Waals surface area (Å²) in [5.41, 5.74) is 12.9. The molecule has 5 aliphatic carbocycles. The van der Waals surface area contributed by atoms with Crippen LogP contribution in [0.1, 0.15) is 155 Å². The van der Waals surface area contributed by atoms with Crippen molar-refractivity contribution in [3.63, 3.8) is 0 Å². The van der Waals surface area contributed by atoms with Gasteiger partial charge >= 0.3 is 29.8 Å². The molecule has 10 aromatic rings. The van der Waals surface area contributed by atoms with Gasteiger partial charge in [0, 0.05) is 104 Å². The lowest BCUT2D eigenvalue weighted by molar-refractivity contribution is -0.157. The van der Waals surface area contributed by atoms with Crippen molar-refractivity contribution in [2.24, 2.45) is 0 Å². The first-order chi connectivity index (χ1) is 47.4. The molecule has 12 nitrogen and oxygen atoms in total. The van der Waals surface area contributed by atoms with E-state index in [0.717, 1.165) is 64.3 Å². The summed E-state index contributed by atoms with van der Waals surface area (Å²) >= 11 is 0. The van der Waals surface area contributed by atoms with Crippen LogP contribution in [0.5, 0.6) is 0 Å². The molecule has 0 saturated heterocycles. The molecule has 0 aromatic heterocycles. The summed E-state index contributed by atoms with van der Waals surface area (Å²) < 4.78 is 31.4. The predicted octanol–water partition coefficient (Wildman–Crippen LogP) is 19.7. The number of carbonyl (C=O) groups is 6. The first kappa shape index (κ1) is 74.8. The number of hydrogen-bond acceptors (Lipinski definition) is 12. The molecule has 506 valence electrons. The zero-order valence-electron chi connectivity index (χ0n) is 58.5. The third-order valence-corrected chi connectivity index (χ3v) is 16.6. The Morgan fingerprint density at radius 1 is 0.316 bits per heavy atom. The predicted molar refractivity (Wildman–Crippen MR) is 395 cm³/mol. The topological polar surface area (TPSA) is 158 Å². The molecule has 0 heterocycles. The number of ketones is 1. The summed E-state index contributed by atoms with van der Waals surface area (Å²) in [7, 11) is 3.25. The van der Waals surface area contributed by atoms with Gasteiger partial charge in [0.25, 0.3) is 0 Å². The molecule has 0 saturated carbocycles. The molecule has 0 radical (unpaired) electrons. The van der Waals surface area contributed by atoms with Gasteiger partial charge in [-0.25, -0.2) is 24.0 Å². The van der Waals surface area contributed by atoms with Crippen LogP contribution in [0.3, 0.4) is 0 Å². The zero-order chi connectivity index (χ0) is 71.3. The van der Waals surface area contributed by atoms with Gasteiger partial charge in [0.15, 0.2) is 0 Å². The minimum atomic E-state index is -0.759. The molecule has 0 spiro atoms. The molecule has 5 aliphatic rings. The van der Waals surface area contributed by atoms with Crippen molar-refractivity contribution >= 4 is 89.5 Å². The van der Waals surface area contributed by atoms with E-state index in [1.165, 1.54) is 83.9 Å². The summed E-state index contributed by atoms with van der Waals surface area (Å²) in [6.07, 6.45) is 3.89. The van der Waals surface area contributed by atoms with Gasteiger partial charge in [0.2, 0.25) is 5.78 Å². The Labute approximate surface area is 576 Å². The van der Waals surface area contributed by atoms with Gasteiger partial charge in [-0.1, -0.05) is 250 Å². The minimum Gasteiger partial charge on any atom is -0.454 e. The highest BCUT2D eigenvalue weighted by Crippen LogP contribution is 2.44. The maximum Gasteiger partial charge on any atom is 0.374 e. The number of ether oxygens (including phenoxy) is 6. The summed E-state index contributed by atoms with van der Waals surface area (Å²) in [4.78, 5) is 68.6. The molecule has 0 bridgehead atoms. The Morgan fingerprint density at radius 2 is 0.500 bits per heavy atom. The van der Waals surface area contributed by atoms with Gasteiger partial charge in [0.1, 0.15) is 30.5 Å². The summed E-state index contributed by atoms with van der Waals surface area (Å²) in [5.74, 6) is -2.62. The Kier molecular flexibility index (Phi) is 27.1. The molecule has 0 amide bonds. The van der Waals surface area contributed by atoms with E-state index in [1.54, 1.807) is 35.0 Å². The highest BCUT2D eigenvalue weighted by atomic mass is 16.6. The van der Waals surface area contributed by atoms with Gasteiger partial charge in [0.05, 0.1) is 0 Å². The highest BCUT2D eigenvalue weighted by Gasteiger charge is 2.32. The summed E-state index contributed by atoms with van der Waals surface area (Å²) in [5, 5.41) is 12.1. The van der Waals surface area contributed by atoms with Crippen LogP contribution in [-0.2, 0) is 89.3 Å². The standard InChI is InChI=1S/3C16H14O2.C15H12O3.C15H12O2.C2H6O.3C2H6/c3*1-10(2)16(17)18-14-9-12-7-3-5-11-6-4-8-13(14)15(11)12;1-9(16)15(17)18-13-8-11-6-2-4-10-5-3-7-12(13)14(10)11;1-2-14(16)17-13-9-11-7-3-5-10-6-4-8-12(13)15(10)11;1-3-2;3*1-2/h3*3-8,14H,1,9H2,2H3;2-7,13H,8H2,1H3;2-8,13H,1,9H2;1-2H3;3*1-2H3. The first-order valence-electron chi connectivity index (χ1n) is 33.4. The molecule has 10 aromatic carbocycles. The Bertz CT molecular complexity index is 4110. The maximum absolute atomic E-state index is 11.6. The van der Waals surface area contributed by atoms with Crippen molar-refractivity contribution in [3.05, 3.63) is 287 Å². The lowest BCUT2D eigenvalue weighted by atomic mass is 10.1. The lowest BCUT2D eigenvalue weighted by Crippen LogP contribution is -2.17. The normalized spacial score (nSPS) is 15.7. The molecule has 98 heavy (non-hydrogen) atoms. The smallest absolute Gasteiger partial charge is 0.374 e. The monoisotopic (exact) mass is 1310 g/mol. The van der Waals surface area contributed by atoms with E-state index in [4.69, 9.17) is 23.7 Å². The van der Waals surface area contributed by atoms with Gasteiger partial charge in [-0.3, -0.25) is 4.79 Å². The number of esters is 5. The fourth-order valence-corrected chi connectivity index (χ4v) is 12.6. The van der Waals surface area contributed by atoms with E-state index in [2.05, 4.69) is 104 Å². The van der Waals surface area contributed by atoms with Gasteiger partial charge < -0.3 is 28.4 Å². The third kappa shape index (κ3) is 17.3. The first-order valence-corrected chi connectivity index (χ1v) is 33.4. The molecule has 15 rings (SSSR count). The van der Waals surface area contributed by atoms with Crippen LogP contribution in [0.25, 0.3) is 53.9 Å². The molecule has 5 unspecified atom stereocenters. The second kappa shape index (κ2) is 35.4. The van der Waals surface area contributed by atoms with E-state index in [9.17, 15) is 28.8 Å². The van der Waals surface area contributed by atoms with Crippen LogP contribution in [0, 0.1) is 0 Å². The fourth-order valence-electron chi connectivity index (χ4n) is 12.6. The van der Waals surface area contributed by atoms with Crippen LogP contribution in [0.2, 0.25) is 0 Å². The Morgan fingerprint density at radius 3 is 0.684 bits per heavy atom. The molecule has 0 aliphatic heterocycles. The average molecular weight is 1320 g/mol. The minimum absolute atomic E-state index is 0.165. The summed E-state index contributed by atoms with van der Waals surface area (Å²) in [6.45, 7) is 32.5. The molecule has 0 fully saturated rings. The van der Waals surface area contributed by atoms with Crippen molar-refractivity contribution < 1.29 is 57.2 Å². The average Bonchev–Trinajstić information content (AvgIpc) is 1.67. The second-order valence-corrected chi connectivity index (χ2v) is 23.3. The van der Waals surface area contributed by atoms with Crippen molar-refractivity contribution in [2.45, 2.75) is 132 Å². The SMILES string of the molecule is C=C(C)C(=O)OC1Cc2cccc3cccc1c23.C=C(C)C(=O)OC1Cc2cccc3cccc1c23.C=C(C)C(=O)OC1Cc2cccc3cccc1c23.C=CC(=O)OC1Cc2cccc3cccc1c23.CC.CC.CC.CC(=O)C(=O)OC1Cc2cccc3cccc1c23.COC. The molecule has 5 atom stereocenters. The van der Waals surface area contributed by atoms with Crippen LogP contribution in [-0.4, -0.2) is 49.8 Å². The van der Waals surface area contributed by atoms with E-state index >= 15 is 0 Å². The molecule has 0 N–H and O–H groups in total. The van der Waals surface area contributed by atoms with Crippen molar-refractivity contribution in [1.82, 2.24) is 0 Å². The van der Waals surface area contributed by atoms with Crippen molar-refractivity contribution in [3.8, 4) is 0 Å². The summed E-state index contributed by atoms with van der Waals surface area (Å²) in [6, 6.07) is 61.4. The van der Waals surface area contributed by atoms with Crippen molar-refractivity contribution in [1.29, 1.82) is 0 Å². The van der Waals surface area contributed by atoms with Crippen LogP contribution in [0.15, 0.2) is 231 Å². The Hall–Kier alpha value is -10.6. The number of carbonyl (C=O) groups excluding carboxylic acids is 6. The molecule has 12 heteroatoms. The van der Waals surface area contributed by atoms with E-state index < -0.39 is 11.8 Å². The van der Waals surface area contributed by atoms with E-state index in [-0.39, 0.29) is 54.4 Å². The van der Waals surface area contributed by atoms with Crippen LogP contribution >= 0.6 is 0 Å². The molecular formula is C86H90O12. The lowest BCUT2D eigenvalue weighted by Gasteiger charge is -2.13. The maximum atomic E-state index is 11.6. The van der Waals surface area contributed by atoms with E-state index in [0.29, 0.717) is 23.1 Å². The van der Waals surface area contributed by atoms with Gasteiger partial charge in [-0.15, -0.1) is 0 Å². The fraction of sp³-hybridized carbons (Fsp3) is 0.256. The molecular weight excluding hydrogens is 1220 g/mol. The van der Waals surface area contributed by atoms with Crippen molar-refractivity contribution in [2.75, 3.05) is 14.2 Å². The second-order valence-electron chi connectivity index (χ2n) is 23.3. The highest BCUT2D eigenvalue weighted by molar-refractivity contribution is 6.32. The Balaban J connectivity index is 0.000000167.